The van der Waals surface area contributed by atoms with Crippen molar-refractivity contribution in [3.8, 4) is 11.4 Å². The van der Waals surface area contributed by atoms with Crippen molar-refractivity contribution in [2.45, 2.75) is 6.61 Å². The predicted octanol–water partition coefficient (Wildman–Crippen LogP) is 6.29. The van der Waals surface area contributed by atoms with E-state index in [0.29, 0.717) is 27.0 Å². The van der Waals surface area contributed by atoms with Gasteiger partial charge in [0.05, 0.1) is 22.6 Å². The van der Waals surface area contributed by atoms with E-state index in [1.807, 2.05) is 0 Å². The quantitative estimate of drug-likeness (QED) is 0.358. The maximum absolute atomic E-state index is 13.3. The summed E-state index contributed by atoms with van der Waals surface area (Å²) in [7, 11) is 0. The van der Waals surface area contributed by atoms with Crippen molar-refractivity contribution >= 4 is 34.8 Å². The molecule has 0 bridgehead atoms. The van der Waals surface area contributed by atoms with Crippen molar-refractivity contribution in [3.05, 3.63) is 106 Å². The number of carbonyl (C=O) groups excluding carboxylic acids is 1. The van der Waals surface area contributed by atoms with Crippen LogP contribution in [0.3, 0.4) is 0 Å². The Balaban J connectivity index is 1.64. The summed E-state index contributed by atoms with van der Waals surface area (Å²) in [5.74, 6) is -1.17. The van der Waals surface area contributed by atoms with Gasteiger partial charge in [-0.25, -0.2) is 13.5 Å². The molecular weight excluding hydrogens is 459 g/mol. The smallest absolute Gasteiger partial charge is 0.280 e. The predicted molar refractivity (Wildman–Crippen MR) is 119 cm³/mol. The number of aromatic nitrogens is 2. The summed E-state index contributed by atoms with van der Waals surface area (Å²) >= 11 is 12.1. The molecule has 9 heteroatoms. The Morgan fingerprint density at radius 2 is 1.62 bits per heavy atom. The van der Waals surface area contributed by atoms with Crippen LogP contribution in [-0.4, -0.2) is 15.7 Å². The second-order valence-corrected chi connectivity index (χ2v) is 7.60. The van der Waals surface area contributed by atoms with E-state index in [-0.39, 0.29) is 23.9 Å². The minimum Gasteiger partial charge on any atom is -0.485 e. The molecule has 4 aromatic rings. The summed E-state index contributed by atoms with van der Waals surface area (Å²) in [6.45, 7) is 0.0770. The number of hydrogen-bond donors (Lipinski definition) is 1. The number of nitrogens with zero attached hydrogens (tertiary/aromatic N) is 2. The molecule has 0 fully saturated rings. The summed E-state index contributed by atoms with van der Waals surface area (Å²) in [6, 6.07) is 16.0. The summed E-state index contributed by atoms with van der Waals surface area (Å²) in [5.41, 5.74) is 1.51. The van der Waals surface area contributed by atoms with Crippen LogP contribution < -0.4 is 10.1 Å². The lowest BCUT2D eigenvalue weighted by Crippen LogP contribution is -2.15. The second-order valence-electron chi connectivity index (χ2n) is 6.76. The first kappa shape index (κ1) is 21.8. The molecule has 0 saturated carbocycles. The van der Waals surface area contributed by atoms with E-state index in [1.54, 1.807) is 24.3 Å². The molecule has 162 valence electrons. The van der Waals surface area contributed by atoms with Gasteiger partial charge in [-0.1, -0.05) is 35.3 Å². The zero-order valence-corrected chi connectivity index (χ0v) is 17.9. The average Bonchev–Trinajstić information content (AvgIpc) is 3.21. The van der Waals surface area contributed by atoms with Gasteiger partial charge in [-0.2, -0.15) is 5.10 Å². The van der Waals surface area contributed by atoms with E-state index in [4.69, 9.17) is 27.9 Å². The Hall–Kier alpha value is -3.42. The fourth-order valence-electron chi connectivity index (χ4n) is 2.86. The summed E-state index contributed by atoms with van der Waals surface area (Å²) in [6.07, 6.45) is 1.51. The number of anilines is 1. The molecule has 5 nitrogen and oxygen atoms in total. The van der Waals surface area contributed by atoms with Crippen LogP contribution in [0.25, 0.3) is 5.69 Å². The molecule has 0 spiro atoms. The van der Waals surface area contributed by atoms with Gasteiger partial charge in [-0.3, -0.25) is 4.79 Å². The van der Waals surface area contributed by atoms with E-state index in [0.717, 1.165) is 0 Å². The van der Waals surface area contributed by atoms with Gasteiger partial charge in [0.15, 0.2) is 11.4 Å². The molecule has 3 aromatic carbocycles. The molecule has 0 aliphatic rings. The number of ether oxygens (including phenoxy) is 1. The van der Waals surface area contributed by atoms with Gasteiger partial charge in [0, 0.05) is 5.02 Å². The SMILES string of the molecule is O=C(Nc1cc(Cl)ccc1Cl)c1nn(-c2ccc(F)cc2)cc1OCc1ccc(F)cc1. The topological polar surface area (TPSA) is 56.2 Å². The van der Waals surface area contributed by atoms with Crippen molar-refractivity contribution in [2.24, 2.45) is 0 Å². The molecule has 0 unspecified atom stereocenters. The summed E-state index contributed by atoms with van der Waals surface area (Å²) < 4.78 is 33.6. The fraction of sp³-hybridized carbons (Fsp3) is 0.0435. The molecule has 0 saturated heterocycles. The van der Waals surface area contributed by atoms with Crippen molar-refractivity contribution in [3.63, 3.8) is 0 Å². The summed E-state index contributed by atoms with van der Waals surface area (Å²) in [4.78, 5) is 13.0. The third-order valence-electron chi connectivity index (χ3n) is 4.47. The van der Waals surface area contributed by atoms with E-state index in [9.17, 15) is 13.6 Å². The molecule has 1 heterocycles. The molecule has 0 atom stereocenters. The third-order valence-corrected chi connectivity index (χ3v) is 5.04. The van der Waals surface area contributed by atoms with E-state index in [1.165, 1.54) is 53.3 Å². The van der Waals surface area contributed by atoms with Crippen LogP contribution in [0, 0.1) is 11.6 Å². The lowest BCUT2D eigenvalue weighted by atomic mass is 10.2. The van der Waals surface area contributed by atoms with Gasteiger partial charge >= 0.3 is 0 Å². The number of rotatable bonds is 6. The number of hydrogen-bond acceptors (Lipinski definition) is 3. The van der Waals surface area contributed by atoms with E-state index in [2.05, 4.69) is 10.4 Å². The number of nitrogens with one attached hydrogen (secondary N) is 1. The van der Waals surface area contributed by atoms with Crippen LogP contribution in [0.4, 0.5) is 14.5 Å². The van der Waals surface area contributed by atoms with Gasteiger partial charge in [0.2, 0.25) is 0 Å². The first-order valence-electron chi connectivity index (χ1n) is 9.38. The number of benzene rings is 3. The Kier molecular flexibility index (Phi) is 6.39. The Labute approximate surface area is 192 Å². The Bertz CT molecular complexity index is 1260. The molecule has 0 aliphatic carbocycles. The normalized spacial score (nSPS) is 10.8. The zero-order valence-electron chi connectivity index (χ0n) is 16.4. The summed E-state index contributed by atoms with van der Waals surface area (Å²) in [5, 5.41) is 7.67. The Morgan fingerprint density at radius 3 is 2.31 bits per heavy atom. The van der Waals surface area contributed by atoms with Gasteiger partial charge in [-0.15, -0.1) is 0 Å². The van der Waals surface area contributed by atoms with E-state index >= 15 is 0 Å². The Morgan fingerprint density at radius 1 is 0.969 bits per heavy atom. The van der Waals surface area contributed by atoms with Crippen LogP contribution in [0.15, 0.2) is 72.9 Å². The molecule has 1 aromatic heterocycles. The molecule has 4 rings (SSSR count). The highest BCUT2D eigenvalue weighted by atomic mass is 35.5. The number of halogens is 4. The van der Waals surface area contributed by atoms with Crippen LogP contribution in [0.5, 0.6) is 5.75 Å². The monoisotopic (exact) mass is 473 g/mol. The van der Waals surface area contributed by atoms with Crippen molar-refractivity contribution in [1.29, 1.82) is 0 Å². The van der Waals surface area contributed by atoms with Crippen LogP contribution >= 0.6 is 23.2 Å². The first-order valence-corrected chi connectivity index (χ1v) is 10.1. The highest BCUT2D eigenvalue weighted by Gasteiger charge is 2.20. The van der Waals surface area contributed by atoms with Crippen molar-refractivity contribution in [2.75, 3.05) is 5.32 Å². The number of amides is 1. The van der Waals surface area contributed by atoms with Crippen LogP contribution in [0.1, 0.15) is 16.1 Å². The lowest BCUT2D eigenvalue weighted by molar-refractivity contribution is 0.101. The van der Waals surface area contributed by atoms with Crippen LogP contribution in [-0.2, 0) is 6.61 Å². The molecular formula is C23H15Cl2F2N3O2. The maximum atomic E-state index is 13.3. The fourth-order valence-corrected chi connectivity index (χ4v) is 3.20. The van der Waals surface area contributed by atoms with Crippen molar-refractivity contribution < 1.29 is 18.3 Å². The minimum atomic E-state index is -0.580. The maximum Gasteiger partial charge on any atom is 0.280 e. The zero-order chi connectivity index (χ0) is 22.7. The van der Waals surface area contributed by atoms with Gasteiger partial charge in [-0.05, 0) is 60.2 Å². The second kappa shape index (κ2) is 9.38. The minimum absolute atomic E-state index is 0.0209. The molecule has 0 radical (unpaired) electrons. The highest BCUT2D eigenvalue weighted by Crippen LogP contribution is 2.28. The standard InChI is InChI=1S/C23H15Cl2F2N3O2/c24-15-3-10-19(25)20(11-15)28-23(31)22-21(32-13-14-1-4-16(26)5-2-14)12-30(29-22)18-8-6-17(27)7-9-18/h1-12H,13H2,(H,28,31). The molecule has 1 N–H and O–H groups in total. The first-order chi connectivity index (χ1) is 15.4. The molecule has 1 amide bonds. The average molecular weight is 474 g/mol. The third kappa shape index (κ3) is 5.07. The van der Waals surface area contributed by atoms with E-state index < -0.39 is 11.7 Å². The molecule has 32 heavy (non-hydrogen) atoms. The van der Waals surface area contributed by atoms with Gasteiger partial charge in [0.25, 0.3) is 5.91 Å². The van der Waals surface area contributed by atoms with Crippen molar-refractivity contribution in [1.82, 2.24) is 9.78 Å². The van der Waals surface area contributed by atoms with Crippen LogP contribution in [0.2, 0.25) is 10.0 Å². The largest absolute Gasteiger partial charge is 0.485 e. The number of carbonyl (C=O) groups is 1. The van der Waals surface area contributed by atoms with Gasteiger partial charge < -0.3 is 10.1 Å². The van der Waals surface area contributed by atoms with Gasteiger partial charge in [0.1, 0.15) is 18.2 Å². The highest BCUT2D eigenvalue weighted by molar-refractivity contribution is 6.35. The molecule has 0 aliphatic heterocycles. The lowest BCUT2D eigenvalue weighted by Gasteiger charge is -2.08.